The highest BCUT2D eigenvalue weighted by atomic mass is 32.2. The molecule has 0 bridgehead atoms. The number of fused-ring (bicyclic) bond motifs is 1. The molecular formula is C8H11N5O7S. The van der Waals surface area contributed by atoms with E-state index >= 15 is 0 Å². The van der Waals surface area contributed by atoms with Crippen LogP contribution in [0.25, 0.3) is 0 Å². The van der Waals surface area contributed by atoms with Crippen molar-refractivity contribution < 1.29 is 33.1 Å². The molecule has 21 heavy (non-hydrogen) atoms. The van der Waals surface area contributed by atoms with Crippen molar-refractivity contribution in [2.75, 3.05) is 10.9 Å². The number of hydrogen-bond donors (Lipinski definition) is 4. The van der Waals surface area contributed by atoms with Gasteiger partial charge in [-0.3, -0.25) is 0 Å². The second kappa shape index (κ2) is 4.60. The normalized spacial score (nSPS) is 34.6. The third-order valence-corrected chi connectivity index (χ3v) is 4.44. The number of amidine groups is 1. The Morgan fingerprint density at radius 2 is 2.00 bits per heavy atom. The predicted octanol–water partition coefficient (Wildman–Crippen LogP) is -3.72. The van der Waals surface area contributed by atoms with Crippen LogP contribution in [0.3, 0.4) is 0 Å². The molecule has 1 aromatic rings. The maximum absolute atomic E-state index is 12.1. The van der Waals surface area contributed by atoms with Crippen molar-refractivity contribution in [1.29, 1.82) is 0 Å². The molecule has 0 aromatic carbocycles. The second-order valence-corrected chi connectivity index (χ2v) is 5.89. The summed E-state index contributed by atoms with van der Waals surface area (Å²) in [6.07, 6.45) is -5.82. The molecule has 0 unspecified atom stereocenters. The van der Waals surface area contributed by atoms with Crippen LogP contribution in [0.15, 0.2) is 9.03 Å². The Labute approximate surface area is 117 Å². The van der Waals surface area contributed by atoms with Gasteiger partial charge in [0.1, 0.15) is 18.3 Å². The number of rotatable bonds is 2. The molecule has 0 radical (unpaired) electrons. The summed E-state index contributed by atoms with van der Waals surface area (Å²) in [5.74, 6) is -0.744. The van der Waals surface area contributed by atoms with Gasteiger partial charge in [0, 0.05) is 0 Å². The van der Waals surface area contributed by atoms with Crippen LogP contribution in [-0.4, -0.2) is 71.0 Å². The van der Waals surface area contributed by atoms with Crippen LogP contribution >= 0.6 is 0 Å². The minimum atomic E-state index is -4.37. The van der Waals surface area contributed by atoms with E-state index in [-0.39, 0.29) is 11.5 Å². The SMILES string of the molecule is NC1=NS(=O)(=O)N([C@@H]2O[C@H](CO)[C@@H](O)[C@H]2O)c2nonc21. The predicted molar refractivity (Wildman–Crippen MR) is 64.2 cm³/mol. The zero-order valence-electron chi connectivity index (χ0n) is 10.3. The first-order chi connectivity index (χ1) is 9.86. The van der Waals surface area contributed by atoms with Gasteiger partial charge in [0.25, 0.3) is 0 Å². The minimum absolute atomic E-state index is 0.137. The zero-order chi connectivity index (χ0) is 15.4. The molecule has 2 aliphatic rings. The van der Waals surface area contributed by atoms with Crippen LogP contribution in [-0.2, 0) is 14.9 Å². The molecule has 0 aliphatic carbocycles. The molecule has 1 fully saturated rings. The largest absolute Gasteiger partial charge is 0.394 e. The van der Waals surface area contributed by atoms with Crippen LogP contribution in [0, 0.1) is 0 Å². The summed E-state index contributed by atoms with van der Waals surface area (Å²) in [7, 11) is -4.37. The molecular weight excluding hydrogens is 310 g/mol. The van der Waals surface area contributed by atoms with Gasteiger partial charge in [-0.05, 0) is 10.3 Å². The van der Waals surface area contributed by atoms with Crippen LogP contribution < -0.4 is 10.0 Å². The molecule has 116 valence electrons. The number of aliphatic hydroxyl groups excluding tert-OH is 3. The molecule has 3 rings (SSSR count). The van der Waals surface area contributed by atoms with Crippen molar-refractivity contribution in [3.63, 3.8) is 0 Å². The van der Waals surface area contributed by atoms with Gasteiger partial charge in [0.2, 0.25) is 5.82 Å². The maximum Gasteiger partial charge on any atom is 0.350 e. The van der Waals surface area contributed by atoms with Crippen molar-refractivity contribution in [3.8, 4) is 0 Å². The fourth-order valence-electron chi connectivity index (χ4n) is 2.14. The third kappa shape index (κ3) is 1.97. The summed E-state index contributed by atoms with van der Waals surface area (Å²) < 4.78 is 37.5. The Hall–Kier alpha value is -1.80. The van der Waals surface area contributed by atoms with Crippen molar-refractivity contribution in [3.05, 3.63) is 5.69 Å². The number of nitrogens with zero attached hydrogens (tertiary/aromatic N) is 4. The van der Waals surface area contributed by atoms with Crippen molar-refractivity contribution >= 4 is 21.9 Å². The lowest BCUT2D eigenvalue weighted by Crippen LogP contribution is -2.49. The van der Waals surface area contributed by atoms with Gasteiger partial charge >= 0.3 is 10.2 Å². The standard InChI is InChI=1S/C8H11N5O7S/c9-6-3-7(11-20-10-3)13(21(17,18)12-6)8-5(16)4(15)2(1-14)19-8/h2,4-5,8,14-16H,1H2,(H2,9,12)/t2-,4-,5-,8-/m1/s1. The van der Waals surface area contributed by atoms with Gasteiger partial charge < -0.3 is 25.8 Å². The molecule has 12 nitrogen and oxygen atoms in total. The Morgan fingerprint density at radius 1 is 1.29 bits per heavy atom. The van der Waals surface area contributed by atoms with E-state index in [0.717, 1.165) is 0 Å². The zero-order valence-corrected chi connectivity index (χ0v) is 11.1. The molecule has 1 saturated heterocycles. The highest BCUT2D eigenvalue weighted by molar-refractivity contribution is 7.91. The number of aromatic nitrogens is 2. The van der Waals surface area contributed by atoms with Crippen LogP contribution in [0.2, 0.25) is 0 Å². The van der Waals surface area contributed by atoms with E-state index in [4.69, 9.17) is 15.6 Å². The fraction of sp³-hybridized carbons (Fsp3) is 0.625. The summed E-state index contributed by atoms with van der Waals surface area (Å²) in [6, 6.07) is 0. The topological polar surface area (TPSA) is 185 Å². The van der Waals surface area contributed by atoms with Crippen molar-refractivity contribution in [2.45, 2.75) is 24.5 Å². The van der Waals surface area contributed by atoms with E-state index < -0.39 is 47.2 Å². The summed E-state index contributed by atoms with van der Waals surface area (Å²) >= 11 is 0. The van der Waals surface area contributed by atoms with E-state index in [0.29, 0.717) is 4.31 Å². The van der Waals surface area contributed by atoms with Gasteiger partial charge in [-0.25, -0.2) is 4.63 Å². The first-order valence-corrected chi connectivity index (χ1v) is 7.11. The monoisotopic (exact) mass is 321 g/mol. The highest BCUT2D eigenvalue weighted by Crippen LogP contribution is 2.33. The van der Waals surface area contributed by atoms with E-state index in [1.165, 1.54) is 0 Å². The van der Waals surface area contributed by atoms with Crippen LogP contribution in [0.5, 0.6) is 0 Å². The van der Waals surface area contributed by atoms with Crippen molar-refractivity contribution in [2.24, 2.45) is 10.1 Å². The minimum Gasteiger partial charge on any atom is -0.394 e. The number of anilines is 1. The lowest BCUT2D eigenvalue weighted by Gasteiger charge is -2.29. The molecule has 0 spiro atoms. The third-order valence-electron chi connectivity index (χ3n) is 3.13. The molecule has 0 saturated carbocycles. The quantitative estimate of drug-likeness (QED) is 0.422. The van der Waals surface area contributed by atoms with Crippen LogP contribution in [0.1, 0.15) is 5.69 Å². The van der Waals surface area contributed by atoms with Gasteiger partial charge in [-0.1, -0.05) is 0 Å². The Bertz CT molecular complexity index is 687. The van der Waals surface area contributed by atoms with Gasteiger partial charge in [0.15, 0.2) is 17.8 Å². The molecule has 4 atom stereocenters. The van der Waals surface area contributed by atoms with Crippen molar-refractivity contribution in [1.82, 2.24) is 10.3 Å². The van der Waals surface area contributed by atoms with Crippen LogP contribution in [0.4, 0.5) is 5.82 Å². The van der Waals surface area contributed by atoms with Gasteiger partial charge in [-0.15, -0.1) is 4.40 Å². The summed E-state index contributed by atoms with van der Waals surface area (Å²) in [6.45, 7) is -0.613. The number of aliphatic hydroxyl groups is 3. The van der Waals surface area contributed by atoms with E-state index in [1.807, 2.05) is 0 Å². The second-order valence-electron chi connectivity index (χ2n) is 4.42. The average molecular weight is 321 g/mol. The molecule has 2 aliphatic heterocycles. The lowest BCUT2D eigenvalue weighted by molar-refractivity contribution is -0.0188. The Balaban J connectivity index is 2.07. The Kier molecular flexibility index (Phi) is 3.10. The summed E-state index contributed by atoms with van der Waals surface area (Å²) in [4.78, 5) is 0. The van der Waals surface area contributed by atoms with E-state index in [1.54, 1.807) is 0 Å². The molecule has 1 aromatic heterocycles. The van der Waals surface area contributed by atoms with Gasteiger partial charge in [-0.2, -0.15) is 12.7 Å². The molecule has 0 amide bonds. The lowest BCUT2D eigenvalue weighted by atomic mass is 10.1. The average Bonchev–Trinajstić information content (AvgIpc) is 2.98. The Morgan fingerprint density at radius 3 is 2.62 bits per heavy atom. The number of ether oxygens (including phenoxy) is 1. The molecule has 5 N–H and O–H groups in total. The fourth-order valence-corrected chi connectivity index (χ4v) is 3.33. The first-order valence-electron chi connectivity index (χ1n) is 5.72. The van der Waals surface area contributed by atoms with E-state index in [9.17, 15) is 18.6 Å². The maximum atomic E-state index is 12.1. The van der Waals surface area contributed by atoms with E-state index in [2.05, 4.69) is 19.3 Å². The smallest absolute Gasteiger partial charge is 0.350 e. The highest BCUT2D eigenvalue weighted by Gasteiger charge is 2.51. The summed E-state index contributed by atoms with van der Waals surface area (Å²) in [5, 5.41) is 35.5. The first kappa shape index (κ1) is 14.2. The number of hydrogen-bond acceptors (Lipinski definition) is 10. The summed E-state index contributed by atoms with van der Waals surface area (Å²) in [5.41, 5.74) is 5.30. The number of nitrogens with two attached hydrogens (primary N) is 1. The molecule has 13 heteroatoms. The van der Waals surface area contributed by atoms with Gasteiger partial charge in [0.05, 0.1) is 6.61 Å². The molecule has 3 heterocycles.